The molecule has 41 heavy (non-hydrogen) atoms. The van der Waals surface area contributed by atoms with Gasteiger partial charge in [-0.25, -0.2) is 4.79 Å². The van der Waals surface area contributed by atoms with Crippen LogP contribution in [0, 0.1) is 0 Å². The summed E-state index contributed by atoms with van der Waals surface area (Å²) in [6, 6.07) is 20.4. The second kappa shape index (κ2) is 13.3. The van der Waals surface area contributed by atoms with Crippen LogP contribution in [0.15, 0.2) is 66.7 Å². The number of hydrogen-bond acceptors (Lipinski definition) is 5. The number of carbonyl (C=O) groups excluding carboxylic acids is 1. The number of amides is 1. The summed E-state index contributed by atoms with van der Waals surface area (Å²) < 4.78 is 11.9. The molecule has 0 saturated heterocycles. The van der Waals surface area contributed by atoms with E-state index >= 15 is 0 Å². The highest BCUT2D eigenvalue weighted by atomic mass is 35.5. The molecule has 2 heterocycles. The SMILES string of the molecule is CCCN(CCC)CCCOc1ccc([C@H]2c3[nH]c4ccc(N)cc4c3CCN2C(=O)Oc2ccc(Cl)cc2)cc1. The van der Waals surface area contributed by atoms with Crippen LogP contribution in [0.1, 0.15) is 56.0 Å². The molecule has 3 N–H and O–H groups in total. The van der Waals surface area contributed by atoms with Crippen LogP contribution >= 0.6 is 11.6 Å². The van der Waals surface area contributed by atoms with E-state index in [0.29, 0.717) is 30.3 Å². The Kier molecular flexibility index (Phi) is 9.37. The number of aromatic amines is 1. The minimum atomic E-state index is -0.412. The molecule has 0 bridgehead atoms. The van der Waals surface area contributed by atoms with E-state index in [9.17, 15) is 4.79 Å². The predicted molar refractivity (Wildman–Crippen MR) is 166 cm³/mol. The van der Waals surface area contributed by atoms with E-state index in [0.717, 1.165) is 59.7 Å². The van der Waals surface area contributed by atoms with Crippen molar-refractivity contribution in [3.05, 3.63) is 88.6 Å². The van der Waals surface area contributed by atoms with Crippen molar-refractivity contribution < 1.29 is 14.3 Å². The minimum Gasteiger partial charge on any atom is -0.494 e. The first-order valence-corrected chi connectivity index (χ1v) is 14.9. The molecule has 0 saturated carbocycles. The van der Waals surface area contributed by atoms with Gasteiger partial charge in [0.1, 0.15) is 17.5 Å². The zero-order valence-corrected chi connectivity index (χ0v) is 24.6. The van der Waals surface area contributed by atoms with E-state index < -0.39 is 6.09 Å². The lowest BCUT2D eigenvalue weighted by Crippen LogP contribution is -2.42. The summed E-state index contributed by atoms with van der Waals surface area (Å²) in [4.78, 5) is 21.4. The molecule has 216 valence electrons. The number of nitrogens with zero attached hydrogens (tertiary/aromatic N) is 2. The van der Waals surface area contributed by atoms with E-state index in [-0.39, 0.29) is 6.04 Å². The third-order valence-electron chi connectivity index (χ3n) is 7.57. The molecule has 1 aliphatic rings. The number of hydrogen-bond donors (Lipinski definition) is 2. The van der Waals surface area contributed by atoms with Crippen molar-refractivity contribution in [1.29, 1.82) is 0 Å². The Balaban J connectivity index is 1.36. The van der Waals surface area contributed by atoms with Crippen LogP contribution in [0.5, 0.6) is 11.5 Å². The number of rotatable bonds is 11. The number of fused-ring (bicyclic) bond motifs is 3. The topological polar surface area (TPSA) is 83.8 Å². The van der Waals surface area contributed by atoms with E-state index in [4.69, 9.17) is 26.8 Å². The molecule has 5 rings (SSSR count). The van der Waals surface area contributed by atoms with Gasteiger partial charge in [-0.15, -0.1) is 0 Å². The largest absolute Gasteiger partial charge is 0.494 e. The Morgan fingerprint density at radius 3 is 2.41 bits per heavy atom. The summed E-state index contributed by atoms with van der Waals surface area (Å²) in [5.41, 5.74) is 11.0. The number of ether oxygens (including phenoxy) is 2. The number of halogens is 1. The second-order valence-corrected chi connectivity index (χ2v) is 11.0. The fraction of sp³-hybridized carbons (Fsp3) is 0.364. The Morgan fingerprint density at radius 1 is 1.00 bits per heavy atom. The molecular weight excluding hydrogens is 536 g/mol. The summed E-state index contributed by atoms with van der Waals surface area (Å²) in [5.74, 6) is 1.27. The van der Waals surface area contributed by atoms with Gasteiger partial charge in [0.15, 0.2) is 0 Å². The Labute approximate surface area is 247 Å². The third kappa shape index (κ3) is 6.80. The summed E-state index contributed by atoms with van der Waals surface area (Å²) in [5, 5.41) is 1.68. The lowest BCUT2D eigenvalue weighted by atomic mass is 9.92. The summed E-state index contributed by atoms with van der Waals surface area (Å²) >= 11 is 6.02. The van der Waals surface area contributed by atoms with Crippen LogP contribution in [0.3, 0.4) is 0 Å². The smallest absolute Gasteiger partial charge is 0.416 e. The number of carbonyl (C=O) groups is 1. The average Bonchev–Trinajstić information content (AvgIpc) is 3.34. The van der Waals surface area contributed by atoms with Crippen LogP contribution < -0.4 is 15.2 Å². The molecule has 1 aliphatic heterocycles. The number of H-pyrrole nitrogens is 1. The van der Waals surface area contributed by atoms with Gasteiger partial charge in [-0.3, -0.25) is 4.90 Å². The van der Waals surface area contributed by atoms with Gasteiger partial charge in [0.25, 0.3) is 0 Å². The highest BCUT2D eigenvalue weighted by Gasteiger charge is 2.35. The monoisotopic (exact) mass is 574 g/mol. The maximum atomic E-state index is 13.5. The van der Waals surface area contributed by atoms with Crippen molar-refractivity contribution in [1.82, 2.24) is 14.8 Å². The fourth-order valence-electron chi connectivity index (χ4n) is 5.70. The number of nitrogen functional groups attached to an aromatic ring is 1. The lowest BCUT2D eigenvalue weighted by molar-refractivity contribution is 0.135. The van der Waals surface area contributed by atoms with Gasteiger partial charge in [0.2, 0.25) is 0 Å². The van der Waals surface area contributed by atoms with Crippen LogP contribution in [-0.4, -0.2) is 53.7 Å². The first-order valence-electron chi connectivity index (χ1n) is 14.6. The third-order valence-corrected chi connectivity index (χ3v) is 7.82. The molecule has 0 unspecified atom stereocenters. The normalized spacial score (nSPS) is 14.8. The van der Waals surface area contributed by atoms with E-state index in [1.807, 2.05) is 42.5 Å². The molecular formula is C33H39ClN4O3. The summed E-state index contributed by atoms with van der Waals surface area (Å²) in [6.45, 7) is 8.92. The number of benzene rings is 3. The summed E-state index contributed by atoms with van der Waals surface area (Å²) in [6.07, 6.45) is 3.60. The van der Waals surface area contributed by atoms with Crippen molar-refractivity contribution >= 4 is 34.3 Å². The zero-order chi connectivity index (χ0) is 28.8. The molecule has 1 aromatic heterocycles. The highest BCUT2D eigenvalue weighted by molar-refractivity contribution is 6.30. The fourth-order valence-corrected chi connectivity index (χ4v) is 5.83. The molecule has 0 aliphatic carbocycles. The molecule has 4 aromatic rings. The van der Waals surface area contributed by atoms with Gasteiger partial charge < -0.3 is 25.1 Å². The predicted octanol–water partition coefficient (Wildman–Crippen LogP) is 7.44. The maximum Gasteiger partial charge on any atom is 0.416 e. The Hall–Kier alpha value is -3.68. The Morgan fingerprint density at radius 2 is 1.71 bits per heavy atom. The highest BCUT2D eigenvalue weighted by Crippen LogP contribution is 2.39. The molecule has 8 heteroatoms. The lowest BCUT2D eigenvalue weighted by Gasteiger charge is -2.35. The van der Waals surface area contributed by atoms with E-state index in [1.54, 1.807) is 29.2 Å². The van der Waals surface area contributed by atoms with Gasteiger partial charge in [-0.2, -0.15) is 0 Å². The van der Waals surface area contributed by atoms with Crippen LogP contribution in [-0.2, 0) is 6.42 Å². The van der Waals surface area contributed by atoms with Crippen LogP contribution in [0.25, 0.3) is 10.9 Å². The standard InChI is InChI=1S/C33H39ClN4O3/c1-3-17-37(18-4-2)19-5-21-40-26-11-6-23(7-12-26)32-31-28(29-22-25(35)10-15-30(29)36-31)16-20-38(32)33(39)41-27-13-8-24(34)9-14-27/h6-15,22,32,36H,3-5,16-21,35H2,1-2H3/t32-/m0/s1. The van der Waals surface area contributed by atoms with Crippen molar-refractivity contribution in [2.45, 2.75) is 45.6 Å². The van der Waals surface area contributed by atoms with Gasteiger partial charge >= 0.3 is 6.09 Å². The van der Waals surface area contributed by atoms with Crippen molar-refractivity contribution in [3.8, 4) is 11.5 Å². The molecule has 0 fully saturated rings. The van der Waals surface area contributed by atoms with Gasteiger partial charge in [-0.1, -0.05) is 37.6 Å². The molecule has 1 amide bonds. The van der Waals surface area contributed by atoms with Gasteiger partial charge in [0.05, 0.1) is 6.61 Å². The van der Waals surface area contributed by atoms with Gasteiger partial charge in [0, 0.05) is 40.4 Å². The minimum absolute atomic E-state index is 0.349. The average molecular weight is 575 g/mol. The molecule has 0 spiro atoms. The first kappa shape index (κ1) is 28.8. The summed E-state index contributed by atoms with van der Waals surface area (Å²) in [7, 11) is 0. The second-order valence-electron chi connectivity index (χ2n) is 10.6. The van der Waals surface area contributed by atoms with Crippen molar-refractivity contribution in [2.75, 3.05) is 38.5 Å². The number of nitrogens with one attached hydrogen (secondary N) is 1. The molecule has 3 aromatic carbocycles. The van der Waals surface area contributed by atoms with Crippen molar-refractivity contribution in [3.63, 3.8) is 0 Å². The molecule has 0 radical (unpaired) electrons. The van der Waals surface area contributed by atoms with Crippen LogP contribution in [0.4, 0.5) is 10.5 Å². The zero-order valence-electron chi connectivity index (χ0n) is 23.9. The number of anilines is 1. The maximum absolute atomic E-state index is 13.5. The van der Waals surface area contributed by atoms with E-state index in [2.05, 4.69) is 23.7 Å². The quantitative estimate of drug-likeness (QED) is 0.144. The number of aromatic nitrogens is 1. The van der Waals surface area contributed by atoms with Crippen LogP contribution in [0.2, 0.25) is 5.02 Å². The van der Waals surface area contributed by atoms with E-state index in [1.165, 1.54) is 18.4 Å². The first-order chi connectivity index (χ1) is 20.0. The van der Waals surface area contributed by atoms with Crippen molar-refractivity contribution in [2.24, 2.45) is 0 Å². The van der Waals surface area contributed by atoms with Gasteiger partial charge in [-0.05, 0) is 104 Å². The number of nitrogens with two attached hydrogens (primary N) is 1. The molecule has 7 nitrogen and oxygen atoms in total. The Bertz CT molecular complexity index is 1450. The molecule has 1 atom stereocenters.